The zero-order chi connectivity index (χ0) is 23.5. The highest BCUT2D eigenvalue weighted by Gasteiger charge is 2.34. The number of anilines is 1. The molecule has 0 saturated carbocycles. The number of benzene rings is 1. The van der Waals surface area contributed by atoms with E-state index in [0.717, 1.165) is 0 Å². The molecule has 9 nitrogen and oxygen atoms in total. The zero-order valence-electron chi connectivity index (χ0n) is 18.5. The predicted octanol–water partition coefficient (Wildman–Crippen LogP) is 3.03. The highest BCUT2D eigenvalue weighted by Crippen LogP contribution is 2.45. The van der Waals surface area contributed by atoms with Gasteiger partial charge in [-0.3, -0.25) is 0 Å². The molecular formula is C22H25ClFN5O4. The van der Waals surface area contributed by atoms with Gasteiger partial charge < -0.3 is 29.6 Å². The lowest BCUT2D eigenvalue weighted by Gasteiger charge is -2.29. The van der Waals surface area contributed by atoms with Gasteiger partial charge in [0.2, 0.25) is 5.95 Å². The maximum absolute atomic E-state index is 15.3. The third-order valence-electron chi connectivity index (χ3n) is 5.96. The fraction of sp³-hybridized carbons (Fsp3) is 0.500. The Bertz CT molecular complexity index is 1230. The van der Waals surface area contributed by atoms with Crippen molar-refractivity contribution in [3.63, 3.8) is 0 Å². The van der Waals surface area contributed by atoms with Crippen LogP contribution in [0.4, 0.5) is 10.3 Å². The van der Waals surface area contributed by atoms with Gasteiger partial charge >= 0.3 is 0 Å². The highest BCUT2D eigenvalue weighted by molar-refractivity contribution is 6.33. The van der Waals surface area contributed by atoms with Crippen molar-refractivity contribution in [1.29, 1.82) is 0 Å². The molecule has 3 unspecified atom stereocenters. The summed E-state index contributed by atoms with van der Waals surface area (Å²) < 4.78 is 28.4. The Morgan fingerprint density at radius 1 is 1.30 bits per heavy atom. The number of nitrogens with zero attached hydrogens (tertiary/aromatic N) is 4. The first-order chi connectivity index (χ1) is 15.6. The molecule has 0 amide bonds. The molecule has 1 aromatic carbocycles. The first-order valence-electron chi connectivity index (χ1n) is 10.8. The molecule has 3 atom stereocenters. The van der Waals surface area contributed by atoms with Gasteiger partial charge in [-0.05, 0) is 33.3 Å². The second kappa shape index (κ2) is 8.05. The second-order valence-corrected chi connectivity index (χ2v) is 9.44. The molecule has 2 aliphatic heterocycles. The average molecular weight is 478 g/mol. The van der Waals surface area contributed by atoms with Crippen LogP contribution >= 0.6 is 11.6 Å². The molecule has 1 saturated heterocycles. The van der Waals surface area contributed by atoms with Gasteiger partial charge in [0, 0.05) is 12.2 Å². The summed E-state index contributed by atoms with van der Waals surface area (Å²) in [6.45, 7) is 6.19. The van der Waals surface area contributed by atoms with E-state index in [0.29, 0.717) is 48.0 Å². The molecule has 2 aromatic heterocycles. The van der Waals surface area contributed by atoms with Crippen molar-refractivity contribution in [2.24, 2.45) is 0 Å². The number of aliphatic hydroxyl groups is 2. The molecule has 0 bridgehead atoms. The summed E-state index contributed by atoms with van der Waals surface area (Å²) in [4.78, 5) is 13.2. The zero-order valence-corrected chi connectivity index (χ0v) is 19.2. The Balaban J connectivity index is 1.65. The van der Waals surface area contributed by atoms with Crippen molar-refractivity contribution >= 4 is 28.6 Å². The SMILES string of the molecule is CC1COc2c(-c3nc(NC4CCOCC4O)ncc3Cl)cc(F)c3nc(C(C)(C)O)n1c23. The Hall–Kier alpha value is -2.53. The van der Waals surface area contributed by atoms with E-state index in [1.54, 1.807) is 13.8 Å². The van der Waals surface area contributed by atoms with E-state index >= 15 is 4.39 Å². The Morgan fingerprint density at radius 2 is 2.09 bits per heavy atom. The monoisotopic (exact) mass is 477 g/mol. The van der Waals surface area contributed by atoms with E-state index in [4.69, 9.17) is 21.1 Å². The quantitative estimate of drug-likeness (QED) is 0.525. The maximum Gasteiger partial charge on any atom is 0.223 e. The Morgan fingerprint density at radius 3 is 2.82 bits per heavy atom. The Kier molecular flexibility index (Phi) is 5.43. The molecule has 0 radical (unpaired) electrons. The number of nitrogens with one attached hydrogen (secondary N) is 1. The summed E-state index contributed by atoms with van der Waals surface area (Å²) in [6.07, 6.45) is 1.32. The number of imidazole rings is 1. The summed E-state index contributed by atoms with van der Waals surface area (Å²) in [6, 6.07) is 0.852. The summed E-state index contributed by atoms with van der Waals surface area (Å²) in [5.74, 6) is 0.429. The predicted molar refractivity (Wildman–Crippen MR) is 120 cm³/mol. The van der Waals surface area contributed by atoms with Crippen LogP contribution in [0.15, 0.2) is 12.3 Å². The first kappa shape index (κ1) is 22.3. The van der Waals surface area contributed by atoms with Crippen molar-refractivity contribution in [2.75, 3.05) is 25.1 Å². The van der Waals surface area contributed by atoms with Crippen LogP contribution in [0.5, 0.6) is 5.75 Å². The first-order valence-corrected chi connectivity index (χ1v) is 11.2. The van der Waals surface area contributed by atoms with Crippen molar-refractivity contribution < 1.29 is 24.1 Å². The lowest BCUT2D eigenvalue weighted by Crippen LogP contribution is -2.42. The van der Waals surface area contributed by atoms with Crippen LogP contribution in [0.1, 0.15) is 39.1 Å². The standard InChI is InChI=1S/C22H25ClFN5O4/c1-10-8-33-19-11(6-13(24)17-18(19)29(10)20(27-17)22(2,3)31)16-12(23)7-25-21(28-16)26-14-4-5-32-9-15(14)30/h6-7,10,14-15,30-31H,4-5,8-9H2,1-3H3,(H,25,26,28). The lowest BCUT2D eigenvalue weighted by atomic mass is 10.1. The smallest absolute Gasteiger partial charge is 0.223 e. The van der Waals surface area contributed by atoms with Gasteiger partial charge in [0.1, 0.15) is 29.1 Å². The average Bonchev–Trinajstić information content (AvgIpc) is 3.18. The molecule has 4 heterocycles. The number of hydrogen-bond donors (Lipinski definition) is 3. The number of aromatic nitrogens is 4. The van der Waals surface area contributed by atoms with Crippen LogP contribution in [0.3, 0.4) is 0 Å². The van der Waals surface area contributed by atoms with Crippen LogP contribution in [-0.4, -0.2) is 61.7 Å². The Labute approximate surface area is 194 Å². The normalized spacial score (nSPS) is 22.9. The van der Waals surface area contributed by atoms with E-state index in [-0.39, 0.29) is 35.2 Å². The number of halogens is 2. The van der Waals surface area contributed by atoms with Crippen LogP contribution in [0.2, 0.25) is 5.02 Å². The molecule has 2 aliphatic rings. The molecule has 3 aromatic rings. The van der Waals surface area contributed by atoms with Gasteiger partial charge in [0.15, 0.2) is 11.6 Å². The molecule has 176 valence electrons. The van der Waals surface area contributed by atoms with Crippen LogP contribution in [0, 0.1) is 5.82 Å². The molecule has 5 rings (SSSR count). The molecule has 11 heteroatoms. The summed E-state index contributed by atoms with van der Waals surface area (Å²) >= 11 is 6.44. The van der Waals surface area contributed by atoms with E-state index in [9.17, 15) is 10.2 Å². The largest absolute Gasteiger partial charge is 0.488 e. The molecule has 33 heavy (non-hydrogen) atoms. The molecular weight excluding hydrogens is 453 g/mol. The van der Waals surface area contributed by atoms with Crippen LogP contribution < -0.4 is 10.1 Å². The van der Waals surface area contributed by atoms with Crippen molar-refractivity contribution in [1.82, 2.24) is 19.5 Å². The van der Waals surface area contributed by atoms with Gasteiger partial charge in [-0.25, -0.2) is 19.3 Å². The fourth-order valence-electron chi connectivity index (χ4n) is 4.35. The van der Waals surface area contributed by atoms with Gasteiger partial charge in [-0.15, -0.1) is 0 Å². The van der Waals surface area contributed by atoms with Crippen LogP contribution in [0.25, 0.3) is 22.3 Å². The minimum atomic E-state index is -1.28. The summed E-state index contributed by atoms with van der Waals surface area (Å²) in [7, 11) is 0. The maximum atomic E-state index is 15.3. The van der Waals surface area contributed by atoms with Crippen molar-refractivity contribution in [3.8, 4) is 17.0 Å². The molecule has 0 spiro atoms. The number of hydrogen-bond acceptors (Lipinski definition) is 8. The second-order valence-electron chi connectivity index (χ2n) is 9.03. The van der Waals surface area contributed by atoms with Gasteiger partial charge in [0.05, 0.1) is 41.7 Å². The third-order valence-corrected chi connectivity index (χ3v) is 6.24. The molecule has 1 fully saturated rings. The van der Waals surface area contributed by atoms with Crippen molar-refractivity contribution in [2.45, 2.75) is 51.0 Å². The minimum absolute atomic E-state index is 0.117. The van der Waals surface area contributed by atoms with Gasteiger partial charge in [0.25, 0.3) is 0 Å². The van der Waals surface area contributed by atoms with Gasteiger partial charge in [-0.1, -0.05) is 11.6 Å². The number of aliphatic hydroxyl groups excluding tert-OH is 1. The van der Waals surface area contributed by atoms with Crippen molar-refractivity contribution in [3.05, 3.63) is 28.9 Å². The van der Waals surface area contributed by atoms with Gasteiger partial charge in [-0.2, -0.15) is 0 Å². The van der Waals surface area contributed by atoms with E-state index < -0.39 is 17.5 Å². The highest BCUT2D eigenvalue weighted by atomic mass is 35.5. The molecule has 3 N–H and O–H groups in total. The third kappa shape index (κ3) is 3.80. The minimum Gasteiger partial charge on any atom is -0.488 e. The molecule has 0 aliphatic carbocycles. The van der Waals surface area contributed by atoms with E-state index in [1.165, 1.54) is 12.3 Å². The summed E-state index contributed by atoms with van der Waals surface area (Å²) in [5.41, 5.74) is -0.0592. The topological polar surface area (TPSA) is 115 Å². The fourth-order valence-corrected chi connectivity index (χ4v) is 4.54. The number of rotatable bonds is 4. The lowest BCUT2D eigenvalue weighted by molar-refractivity contribution is -0.0136. The summed E-state index contributed by atoms with van der Waals surface area (Å²) in [5, 5.41) is 24.2. The van der Waals surface area contributed by atoms with E-state index in [1.807, 2.05) is 11.5 Å². The number of ether oxygens (including phenoxy) is 2. The van der Waals surface area contributed by atoms with Crippen LogP contribution in [-0.2, 0) is 10.3 Å². The van der Waals surface area contributed by atoms with E-state index in [2.05, 4.69) is 20.3 Å².